The first-order valence-corrected chi connectivity index (χ1v) is 8.34. The van der Waals surface area contributed by atoms with E-state index >= 15 is 0 Å². The van der Waals surface area contributed by atoms with Gasteiger partial charge in [0.25, 0.3) is 5.91 Å². The van der Waals surface area contributed by atoms with Crippen LogP contribution in [0.3, 0.4) is 0 Å². The normalized spacial score (nSPS) is 30.3. The molecule has 0 unspecified atom stereocenters. The molecule has 1 aromatic rings. The Hall–Kier alpha value is -1.30. The van der Waals surface area contributed by atoms with Crippen LogP contribution >= 0.6 is 11.6 Å². The Bertz CT molecular complexity index is 601. The van der Waals surface area contributed by atoms with Crippen molar-refractivity contribution in [2.75, 3.05) is 26.3 Å². The molecule has 0 bridgehead atoms. The van der Waals surface area contributed by atoms with E-state index in [0.29, 0.717) is 18.7 Å². The second kappa shape index (κ2) is 5.96. The van der Waals surface area contributed by atoms with Crippen LogP contribution < -0.4 is 0 Å². The molecule has 3 N–H and O–H groups in total. The van der Waals surface area contributed by atoms with Crippen LogP contribution in [-0.2, 0) is 0 Å². The minimum absolute atomic E-state index is 0.0246. The van der Waals surface area contributed by atoms with Gasteiger partial charge in [0.2, 0.25) is 0 Å². The lowest BCUT2D eigenvalue weighted by molar-refractivity contribution is -0.0490. The van der Waals surface area contributed by atoms with Gasteiger partial charge in [-0.3, -0.25) is 4.79 Å². The maximum absolute atomic E-state index is 12.8. The Morgan fingerprint density at radius 1 is 1.13 bits per heavy atom. The lowest BCUT2D eigenvalue weighted by Crippen LogP contribution is -2.48. The van der Waals surface area contributed by atoms with Crippen molar-refractivity contribution in [2.45, 2.75) is 25.7 Å². The quantitative estimate of drug-likeness (QED) is 0.787. The number of hydrogen-bond donors (Lipinski definition) is 3. The van der Waals surface area contributed by atoms with Crippen molar-refractivity contribution in [1.82, 2.24) is 4.90 Å². The van der Waals surface area contributed by atoms with E-state index in [1.165, 1.54) is 12.1 Å². The predicted molar refractivity (Wildman–Crippen MR) is 86.5 cm³/mol. The van der Waals surface area contributed by atoms with Crippen LogP contribution in [0.25, 0.3) is 0 Å². The van der Waals surface area contributed by atoms with E-state index in [4.69, 9.17) is 11.6 Å². The zero-order valence-electron chi connectivity index (χ0n) is 13.0. The largest absolute Gasteiger partial charge is 0.506 e. The zero-order valence-corrected chi connectivity index (χ0v) is 13.7. The van der Waals surface area contributed by atoms with E-state index < -0.39 is 10.8 Å². The number of fused-ring (bicyclic) bond motifs is 1. The summed E-state index contributed by atoms with van der Waals surface area (Å²) in [6, 6.07) is 4.45. The highest BCUT2D eigenvalue weighted by atomic mass is 35.5. The number of phenolic OH excluding ortho intramolecular Hbond substituents is 1. The summed E-state index contributed by atoms with van der Waals surface area (Å²) in [5, 5.41) is 29.9. The third-order valence-electron chi connectivity index (χ3n) is 5.76. The van der Waals surface area contributed by atoms with Crippen molar-refractivity contribution in [3.05, 3.63) is 28.8 Å². The Kier molecular flexibility index (Phi) is 4.29. The summed E-state index contributed by atoms with van der Waals surface area (Å²) in [5.41, 5.74) is -0.486. The average Bonchev–Trinajstić information content (AvgIpc) is 2.93. The Balaban J connectivity index is 1.90. The van der Waals surface area contributed by atoms with Gasteiger partial charge >= 0.3 is 0 Å². The molecule has 2 atom stereocenters. The van der Waals surface area contributed by atoms with Gasteiger partial charge in [-0.15, -0.1) is 0 Å². The predicted octanol–water partition coefficient (Wildman–Crippen LogP) is 2.03. The van der Waals surface area contributed by atoms with Gasteiger partial charge in [0, 0.05) is 29.5 Å². The summed E-state index contributed by atoms with van der Waals surface area (Å²) < 4.78 is 0. The smallest absolute Gasteiger partial charge is 0.254 e. The number of amides is 1. The molecular formula is C17H22ClNO4. The summed E-state index contributed by atoms with van der Waals surface area (Å²) in [5.74, 6) is -0.324. The van der Waals surface area contributed by atoms with Crippen LogP contribution in [-0.4, -0.2) is 52.4 Å². The standard InChI is InChI=1S/C17H22ClNO4/c18-13-4-3-12(7-14(13)22)15(23)19-8-16(10-20)5-1-2-6-17(16,9-19)11-21/h3-4,7,20-22H,1-2,5-6,8-11H2/t16-,17+. The highest BCUT2D eigenvalue weighted by Crippen LogP contribution is 2.55. The first-order valence-electron chi connectivity index (χ1n) is 7.96. The van der Waals surface area contributed by atoms with E-state index in [9.17, 15) is 20.1 Å². The zero-order chi connectivity index (χ0) is 16.7. The number of aromatic hydroxyl groups is 1. The van der Waals surface area contributed by atoms with Crippen molar-refractivity contribution in [2.24, 2.45) is 10.8 Å². The average molecular weight is 340 g/mol. The van der Waals surface area contributed by atoms with Crippen molar-refractivity contribution in [1.29, 1.82) is 0 Å². The second-order valence-electron chi connectivity index (χ2n) is 6.91. The van der Waals surface area contributed by atoms with Gasteiger partial charge in [0.1, 0.15) is 5.75 Å². The molecule has 2 aliphatic rings. The van der Waals surface area contributed by atoms with Gasteiger partial charge in [-0.05, 0) is 31.0 Å². The number of aliphatic hydroxyl groups excluding tert-OH is 2. The fraction of sp³-hybridized carbons (Fsp3) is 0.588. The topological polar surface area (TPSA) is 81.0 Å². The fourth-order valence-corrected chi connectivity index (χ4v) is 4.42. The maximum Gasteiger partial charge on any atom is 0.254 e. The number of likely N-dealkylation sites (tertiary alicyclic amines) is 1. The number of carbonyl (C=O) groups excluding carboxylic acids is 1. The van der Waals surface area contributed by atoms with E-state index in [2.05, 4.69) is 0 Å². The van der Waals surface area contributed by atoms with Crippen LogP contribution in [0.5, 0.6) is 5.75 Å². The minimum Gasteiger partial charge on any atom is -0.506 e. The van der Waals surface area contributed by atoms with Gasteiger partial charge in [0.05, 0.1) is 18.2 Å². The number of rotatable bonds is 3. The Morgan fingerprint density at radius 3 is 2.17 bits per heavy atom. The molecular weight excluding hydrogens is 318 g/mol. The van der Waals surface area contributed by atoms with Gasteiger partial charge in [-0.1, -0.05) is 24.4 Å². The molecule has 1 saturated heterocycles. The second-order valence-corrected chi connectivity index (χ2v) is 7.32. The molecule has 23 heavy (non-hydrogen) atoms. The van der Waals surface area contributed by atoms with E-state index in [0.717, 1.165) is 25.7 Å². The third kappa shape index (κ3) is 2.51. The van der Waals surface area contributed by atoms with Crippen LogP contribution in [0, 0.1) is 10.8 Å². The summed E-state index contributed by atoms with van der Waals surface area (Å²) in [7, 11) is 0. The summed E-state index contributed by atoms with van der Waals surface area (Å²) >= 11 is 5.79. The number of hydrogen-bond acceptors (Lipinski definition) is 4. The van der Waals surface area contributed by atoms with Crippen LogP contribution in [0.4, 0.5) is 0 Å². The minimum atomic E-state index is -0.426. The molecule has 2 fully saturated rings. The molecule has 1 heterocycles. The molecule has 3 rings (SSSR count). The van der Waals surface area contributed by atoms with Crippen molar-refractivity contribution >= 4 is 17.5 Å². The first-order chi connectivity index (χ1) is 11.0. The molecule has 126 valence electrons. The molecule has 1 aromatic carbocycles. The molecule has 0 spiro atoms. The summed E-state index contributed by atoms with van der Waals surface area (Å²) in [6.45, 7) is 0.824. The summed E-state index contributed by atoms with van der Waals surface area (Å²) in [4.78, 5) is 14.5. The number of halogens is 1. The molecule has 1 saturated carbocycles. The fourth-order valence-electron chi connectivity index (χ4n) is 4.30. The lowest BCUT2D eigenvalue weighted by atomic mass is 9.58. The highest BCUT2D eigenvalue weighted by Gasteiger charge is 2.58. The van der Waals surface area contributed by atoms with Crippen molar-refractivity contribution in [3.63, 3.8) is 0 Å². The number of nitrogens with zero attached hydrogens (tertiary/aromatic N) is 1. The monoisotopic (exact) mass is 339 g/mol. The lowest BCUT2D eigenvalue weighted by Gasteiger charge is -2.46. The van der Waals surface area contributed by atoms with E-state index in [1.807, 2.05) is 0 Å². The molecule has 0 aromatic heterocycles. The van der Waals surface area contributed by atoms with Gasteiger partial charge in [-0.25, -0.2) is 0 Å². The molecule has 0 radical (unpaired) electrons. The number of benzene rings is 1. The Labute approximate surface area is 140 Å². The molecule has 1 aliphatic carbocycles. The Morgan fingerprint density at radius 2 is 1.70 bits per heavy atom. The van der Waals surface area contributed by atoms with Crippen molar-refractivity contribution < 1.29 is 20.1 Å². The molecule has 1 aliphatic heterocycles. The summed E-state index contributed by atoms with van der Waals surface area (Å²) in [6.07, 6.45) is 3.65. The van der Waals surface area contributed by atoms with E-state index in [1.54, 1.807) is 11.0 Å². The van der Waals surface area contributed by atoms with Crippen molar-refractivity contribution in [3.8, 4) is 5.75 Å². The van der Waals surface area contributed by atoms with Gasteiger partial charge < -0.3 is 20.2 Å². The van der Waals surface area contributed by atoms with Gasteiger partial charge in [-0.2, -0.15) is 0 Å². The molecule has 1 amide bonds. The molecule has 5 nitrogen and oxygen atoms in total. The van der Waals surface area contributed by atoms with Crippen LogP contribution in [0.15, 0.2) is 18.2 Å². The number of aliphatic hydroxyl groups is 2. The maximum atomic E-state index is 12.8. The van der Waals surface area contributed by atoms with E-state index in [-0.39, 0.29) is 29.9 Å². The number of phenols is 1. The number of carbonyl (C=O) groups is 1. The van der Waals surface area contributed by atoms with Crippen LogP contribution in [0.1, 0.15) is 36.0 Å². The highest BCUT2D eigenvalue weighted by molar-refractivity contribution is 6.32. The third-order valence-corrected chi connectivity index (χ3v) is 6.08. The molecule has 6 heteroatoms. The van der Waals surface area contributed by atoms with Gasteiger partial charge in [0.15, 0.2) is 0 Å². The first kappa shape index (κ1) is 16.6. The SMILES string of the molecule is O=C(c1ccc(Cl)c(O)c1)N1C[C@]2(CO)CCCC[C@]2(CO)C1. The van der Waals surface area contributed by atoms with Crippen LogP contribution in [0.2, 0.25) is 5.02 Å².